The summed E-state index contributed by atoms with van der Waals surface area (Å²) in [7, 11) is -9.02. The number of quaternary nitrogens is 2. The van der Waals surface area contributed by atoms with Crippen molar-refractivity contribution in [3.05, 3.63) is 53.3 Å². The Morgan fingerprint density at radius 3 is 2.34 bits per heavy atom. The summed E-state index contributed by atoms with van der Waals surface area (Å²) >= 11 is 1.02. The van der Waals surface area contributed by atoms with Gasteiger partial charge in [-0.05, 0) is 42.8 Å². The Morgan fingerprint density at radius 1 is 1.09 bits per heavy atom. The number of benzene rings is 2. The molecule has 254 valence electrons. The van der Waals surface area contributed by atoms with Gasteiger partial charge < -0.3 is 34.6 Å². The molecule has 3 fully saturated rings. The Balaban J connectivity index is 1.12. The van der Waals surface area contributed by atoms with Crippen LogP contribution in [0.4, 0.5) is 4.39 Å². The van der Waals surface area contributed by atoms with E-state index >= 15 is 0 Å². The second-order valence-electron chi connectivity index (χ2n) is 12.3. The number of aryl methyl sites for hydroxylation is 1. The smallest absolute Gasteiger partial charge is 0.250 e. The fraction of sp³-hybridized carbons (Fsp3) is 0.467. The van der Waals surface area contributed by atoms with Crippen LogP contribution in [-0.4, -0.2) is 95.1 Å². The molecule has 3 aliphatic heterocycles. The standard InChI is InChI=1S/C30H40FN7O6PS2/c1-22-26-18-24(43-17-3-10-38-14-11-37(12-15-38,13-16-38)9-2-8-35-30(33)34)6-7-28(26)46-29(22)47(41,42)36-21-45(39,40)44-25-5-4-23(20-32)27(31)19-25/h4-7,18-19,36H,2-3,8-17,21H2,1H3,(H4-,33,34,35,39,40)/q+1. The number of guanidine groups is 1. The summed E-state index contributed by atoms with van der Waals surface area (Å²) in [6.45, 7) is 12.0. The first-order chi connectivity index (χ1) is 22.2. The van der Waals surface area contributed by atoms with Gasteiger partial charge in [-0.1, -0.05) is 0 Å². The maximum atomic E-state index is 13.8. The lowest BCUT2D eigenvalue weighted by Gasteiger charge is -2.55. The van der Waals surface area contributed by atoms with Crippen LogP contribution in [0, 0.1) is 24.1 Å². The molecule has 6 rings (SSSR count). The van der Waals surface area contributed by atoms with Crippen molar-refractivity contribution in [2.75, 3.05) is 71.8 Å². The summed E-state index contributed by atoms with van der Waals surface area (Å²) < 4.78 is 68.5. The molecule has 0 saturated carbocycles. The zero-order valence-corrected chi connectivity index (χ0v) is 28.7. The molecule has 2 bridgehead atoms. The van der Waals surface area contributed by atoms with E-state index < -0.39 is 29.7 Å². The number of rotatable bonds is 15. The van der Waals surface area contributed by atoms with Crippen molar-refractivity contribution in [1.82, 2.24) is 4.72 Å². The van der Waals surface area contributed by atoms with Gasteiger partial charge in [-0.15, -0.1) is 11.3 Å². The van der Waals surface area contributed by atoms with Gasteiger partial charge in [-0.3, -0.25) is 9.56 Å². The van der Waals surface area contributed by atoms with E-state index in [0.717, 1.165) is 84.1 Å². The molecule has 47 heavy (non-hydrogen) atoms. The van der Waals surface area contributed by atoms with Crippen molar-refractivity contribution in [3.63, 3.8) is 0 Å². The number of piperazine rings is 3. The van der Waals surface area contributed by atoms with Crippen LogP contribution in [-0.2, 0) is 14.6 Å². The van der Waals surface area contributed by atoms with Crippen LogP contribution < -0.4 is 30.3 Å². The van der Waals surface area contributed by atoms with E-state index in [1.165, 1.54) is 19.6 Å². The van der Waals surface area contributed by atoms with E-state index in [2.05, 4.69) is 9.71 Å². The van der Waals surface area contributed by atoms with Crippen molar-refractivity contribution in [2.45, 2.75) is 24.0 Å². The predicted molar refractivity (Wildman–Crippen MR) is 176 cm³/mol. The average molecular weight is 709 g/mol. The van der Waals surface area contributed by atoms with Crippen molar-refractivity contribution in [1.29, 1.82) is 5.26 Å². The van der Waals surface area contributed by atoms with E-state index in [1.54, 1.807) is 25.1 Å². The number of nitrogens with zero attached hydrogens (tertiary/aromatic N) is 4. The van der Waals surface area contributed by atoms with Crippen molar-refractivity contribution in [3.8, 4) is 17.6 Å². The Kier molecular flexibility index (Phi) is 10.5. The van der Waals surface area contributed by atoms with Gasteiger partial charge in [0.2, 0.25) is 0 Å². The largest absolute Gasteiger partial charge is 0.768 e. The van der Waals surface area contributed by atoms with Crippen LogP contribution in [0.2, 0.25) is 0 Å². The second-order valence-corrected chi connectivity index (χ2v) is 17.0. The third-order valence-electron chi connectivity index (χ3n) is 9.14. The first-order valence-electron chi connectivity index (χ1n) is 15.3. The van der Waals surface area contributed by atoms with Gasteiger partial charge in [0.05, 0.1) is 31.5 Å². The SMILES string of the molecule is Cc1c(S(=O)(=O)NCP(=O)([O-])Oc2ccc(C#N)c(F)c2)sc2ccc(OCCC[N+]34CC[N+](CCCN=C(N)N)(CC3)CC4)cc12. The molecule has 0 amide bonds. The highest BCUT2D eigenvalue weighted by Crippen LogP contribution is 2.40. The van der Waals surface area contributed by atoms with E-state index in [0.29, 0.717) is 34.6 Å². The molecule has 1 aromatic heterocycles. The molecule has 1 unspecified atom stereocenters. The van der Waals surface area contributed by atoms with E-state index in [-0.39, 0.29) is 21.5 Å². The molecule has 5 N–H and O–H groups in total. The number of halogens is 1. The summed E-state index contributed by atoms with van der Waals surface area (Å²) in [4.78, 5) is 16.6. The maximum Gasteiger partial charge on any atom is 0.250 e. The fourth-order valence-corrected chi connectivity index (χ4v) is 10.7. The Hall–Kier alpha value is -3.29. The molecule has 4 heterocycles. The molecule has 3 aliphatic rings. The first-order valence-corrected chi connectivity index (χ1v) is 19.4. The lowest BCUT2D eigenvalue weighted by molar-refractivity contribution is -1.08. The van der Waals surface area contributed by atoms with Gasteiger partial charge in [0.15, 0.2) is 13.6 Å². The lowest BCUT2D eigenvalue weighted by Crippen LogP contribution is -2.75. The van der Waals surface area contributed by atoms with Crippen molar-refractivity contribution < 1.29 is 40.5 Å². The number of nitrogens with one attached hydrogen (secondary N) is 1. The number of aliphatic imine (C=N–C) groups is 1. The first kappa shape index (κ1) is 35.0. The summed E-state index contributed by atoms with van der Waals surface area (Å²) in [5, 5.41) is 9.53. The molecule has 13 nitrogen and oxygen atoms in total. The van der Waals surface area contributed by atoms with E-state index in [9.17, 15) is 22.3 Å². The molecule has 0 aliphatic carbocycles. The Labute approximate surface area is 278 Å². The minimum Gasteiger partial charge on any atom is -0.768 e. The molecule has 0 radical (unpaired) electrons. The van der Waals surface area contributed by atoms with Gasteiger partial charge in [-0.25, -0.2) is 17.5 Å². The van der Waals surface area contributed by atoms with Crippen LogP contribution >= 0.6 is 18.9 Å². The number of nitriles is 1. The van der Waals surface area contributed by atoms with E-state index in [4.69, 9.17) is 26.0 Å². The minimum absolute atomic E-state index is 0.0224. The van der Waals surface area contributed by atoms with Crippen LogP contribution in [0.5, 0.6) is 11.5 Å². The zero-order valence-electron chi connectivity index (χ0n) is 26.2. The van der Waals surface area contributed by atoms with Crippen molar-refractivity contribution >= 4 is 45.0 Å². The zero-order chi connectivity index (χ0) is 33.9. The monoisotopic (exact) mass is 708 g/mol. The lowest BCUT2D eigenvalue weighted by atomic mass is 10.1. The second kappa shape index (κ2) is 14.1. The molecule has 3 aromatic rings. The number of ether oxygens (including phenoxy) is 1. The molecule has 2 aromatic carbocycles. The summed E-state index contributed by atoms with van der Waals surface area (Å²) in [6.07, 6.45) is 0.852. The molecule has 3 saturated heterocycles. The van der Waals surface area contributed by atoms with Gasteiger partial charge in [-0.2, -0.15) is 5.26 Å². The van der Waals surface area contributed by atoms with Crippen LogP contribution in [0.3, 0.4) is 0 Å². The number of fused-ring (bicyclic) bond motifs is 4. The summed E-state index contributed by atoms with van der Waals surface area (Å²) in [5.41, 5.74) is 11.1. The van der Waals surface area contributed by atoms with Gasteiger partial charge in [0.25, 0.3) is 10.0 Å². The van der Waals surface area contributed by atoms with Crippen LogP contribution in [0.25, 0.3) is 10.1 Å². The number of nitrogens with two attached hydrogens (primary N) is 2. The number of sulfonamides is 1. The van der Waals surface area contributed by atoms with Crippen LogP contribution in [0.1, 0.15) is 24.0 Å². The van der Waals surface area contributed by atoms with Crippen molar-refractivity contribution in [2.24, 2.45) is 16.5 Å². The van der Waals surface area contributed by atoms with Crippen LogP contribution in [0.15, 0.2) is 45.6 Å². The third kappa shape index (κ3) is 8.42. The molecule has 17 heteroatoms. The molecular weight excluding hydrogens is 668 g/mol. The number of hydrogen-bond donors (Lipinski definition) is 3. The molecule has 0 spiro atoms. The number of hydrogen-bond acceptors (Lipinski definition) is 9. The quantitative estimate of drug-likeness (QED) is 0.0698. The average Bonchev–Trinajstić information content (AvgIpc) is 3.38. The predicted octanol–water partition coefficient (Wildman–Crippen LogP) is 2.18. The minimum atomic E-state index is -4.80. The van der Waals surface area contributed by atoms with E-state index in [1.807, 2.05) is 6.07 Å². The third-order valence-corrected chi connectivity index (χ3v) is 13.7. The van der Waals surface area contributed by atoms with Gasteiger partial charge in [0, 0.05) is 35.5 Å². The van der Waals surface area contributed by atoms with Gasteiger partial charge >= 0.3 is 0 Å². The topological polar surface area (TPSA) is 193 Å². The van der Waals surface area contributed by atoms with Gasteiger partial charge in [0.1, 0.15) is 66.9 Å². The highest BCUT2D eigenvalue weighted by Gasteiger charge is 2.48. The highest BCUT2D eigenvalue weighted by atomic mass is 32.2. The molecule has 1 atom stereocenters. The maximum absolute atomic E-state index is 13.8. The highest BCUT2D eigenvalue weighted by molar-refractivity contribution is 7.92. The normalized spacial score (nSPS) is 22.0. The summed E-state index contributed by atoms with van der Waals surface area (Å²) in [5.74, 6) is -0.534. The Morgan fingerprint density at radius 2 is 1.72 bits per heavy atom. The Bertz CT molecular complexity index is 1830. The number of thiophene rings is 1. The molecular formula is C30H40FN7O6PS2+. The summed E-state index contributed by atoms with van der Waals surface area (Å²) in [6, 6.07) is 9.97. The fourth-order valence-electron chi connectivity index (χ4n) is 6.41.